The van der Waals surface area contributed by atoms with E-state index in [1.807, 2.05) is 6.07 Å². The highest BCUT2D eigenvalue weighted by atomic mass is 79.9. The van der Waals surface area contributed by atoms with Crippen molar-refractivity contribution in [2.24, 2.45) is 0 Å². The van der Waals surface area contributed by atoms with E-state index in [1.54, 1.807) is 11.3 Å². The van der Waals surface area contributed by atoms with E-state index in [2.05, 4.69) is 21.2 Å². The van der Waals surface area contributed by atoms with Gasteiger partial charge in [-0.1, -0.05) is 0 Å². The van der Waals surface area contributed by atoms with Crippen LogP contribution in [0.3, 0.4) is 0 Å². The molecule has 0 saturated heterocycles. The molecule has 13 heavy (non-hydrogen) atoms. The Labute approximate surface area is 87.9 Å². The highest BCUT2D eigenvalue weighted by Gasteiger charge is 2.27. The smallest absolute Gasteiger partial charge is 0.325 e. The predicted molar refractivity (Wildman–Crippen MR) is 54.1 cm³/mol. The van der Waals surface area contributed by atoms with Crippen LogP contribution in [0, 0.1) is 0 Å². The van der Waals surface area contributed by atoms with Crippen molar-refractivity contribution < 1.29 is 9.90 Å². The van der Waals surface area contributed by atoms with E-state index in [0.717, 1.165) is 22.3 Å². The number of hydrogen-bond donors (Lipinski definition) is 2. The first-order chi connectivity index (χ1) is 6.18. The van der Waals surface area contributed by atoms with Crippen LogP contribution in [0.4, 0.5) is 0 Å². The lowest BCUT2D eigenvalue weighted by Gasteiger charge is -2.19. The summed E-state index contributed by atoms with van der Waals surface area (Å²) in [5, 5.41) is 11.9. The van der Waals surface area contributed by atoms with Gasteiger partial charge >= 0.3 is 5.97 Å². The lowest BCUT2D eigenvalue weighted by molar-refractivity contribution is -0.139. The molecule has 2 heterocycles. The monoisotopic (exact) mass is 261 g/mol. The molecule has 1 aromatic rings. The largest absolute Gasteiger partial charge is 0.480 e. The van der Waals surface area contributed by atoms with Gasteiger partial charge in [-0.3, -0.25) is 4.79 Å². The van der Waals surface area contributed by atoms with Gasteiger partial charge in [-0.25, -0.2) is 0 Å². The highest BCUT2D eigenvalue weighted by Crippen LogP contribution is 2.33. The molecule has 0 spiro atoms. The molecule has 1 aromatic heterocycles. The summed E-state index contributed by atoms with van der Waals surface area (Å²) in [6, 6.07) is 1.37. The van der Waals surface area contributed by atoms with Crippen LogP contribution in [-0.2, 0) is 11.2 Å². The molecule has 0 aromatic carbocycles. The third-order valence-electron chi connectivity index (χ3n) is 2.07. The number of rotatable bonds is 1. The quantitative estimate of drug-likeness (QED) is 0.811. The lowest BCUT2D eigenvalue weighted by atomic mass is 10.0. The fraction of sp³-hybridized carbons (Fsp3) is 0.375. The van der Waals surface area contributed by atoms with Crippen LogP contribution < -0.4 is 5.32 Å². The summed E-state index contributed by atoms with van der Waals surface area (Å²) >= 11 is 4.99. The summed E-state index contributed by atoms with van der Waals surface area (Å²) in [7, 11) is 0. The summed E-state index contributed by atoms with van der Waals surface area (Å²) in [6.07, 6.45) is 0.926. The summed E-state index contributed by atoms with van der Waals surface area (Å²) in [5.41, 5.74) is 0.913. The Morgan fingerprint density at radius 3 is 3.23 bits per heavy atom. The molecule has 70 valence electrons. The van der Waals surface area contributed by atoms with Crippen LogP contribution in [0.1, 0.15) is 16.5 Å². The fourth-order valence-electron chi connectivity index (χ4n) is 1.51. The Balaban J connectivity index is 2.41. The first-order valence-electron chi connectivity index (χ1n) is 3.93. The molecular weight excluding hydrogens is 254 g/mol. The van der Waals surface area contributed by atoms with Crippen molar-refractivity contribution in [3.8, 4) is 0 Å². The van der Waals surface area contributed by atoms with Gasteiger partial charge in [-0.2, -0.15) is 0 Å². The van der Waals surface area contributed by atoms with Crippen LogP contribution in [0.15, 0.2) is 9.85 Å². The average Bonchev–Trinajstić information content (AvgIpc) is 2.43. The first-order valence-corrected chi connectivity index (χ1v) is 5.53. The van der Waals surface area contributed by atoms with Crippen molar-refractivity contribution in [1.29, 1.82) is 0 Å². The molecule has 0 bridgehead atoms. The number of carboxylic acid groups (broad SMARTS) is 1. The molecule has 0 saturated carbocycles. The average molecular weight is 262 g/mol. The van der Waals surface area contributed by atoms with Gasteiger partial charge in [0.2, 0.25) is 0 Å². The van der Waals surface area contributed by atoms with E-state index >= 15 is 0 Å². The van der Waals surface area contributed by atoms with Gasteiger partial charge in [-0.15, -0.1) is 11.3 Å². The Kier molecular flexibility index (Phi) is 2.40. The van der Waals surface area contributed by atoms with Crippen LogP contribution in [0.2, 0.25) is 0 Å². The number of carbonyl (C=O) groups is 1. The molecule has 0 amide bonds. The summed E-state index contributed by atoms with van der Waals surface area (Å²) < 4.78 is 1.01. The second-order valence-electron chi connectivity index (χ2n) is 2.90. The second kappa shape index (κ2) is 3.40. The third kappa shape index (κ3) is 1.63. The SMILES string of the molecule is O=C(O)C1NCCc2sc(Br)cc21. The fourth-order valence-corrected chi connectivity index (χ4v) is 3.26. The Hall–Kier alpha value is -0.390. The van der Waals surface area contributed by atoms with Gasteiger partial charge in [0.05, 0.1) is 3.79 Å². The molecule has 1 unspecified atom stereocenters. The molecule has 2 N–H and O–H groups in total. The number of halogens is 1. The molecule has 0 fully saturated rings. The molecule has 3 nitrogen and oxygen atoms in total. The minimum atomic E-state index is -0.800. The number of carboxylic acids is 1. The summed E-state index contributed by atoms with van der Waals surface area (Å²) in [6.45, 7) is 0.747. The second-order valence-corrected chi connectivity index (χ2v) is 5.42. The van der Waals surface area contributed by atoms with E-state index in [-0.39, 0.29) is 0 Å². The number of nitrogens with one attached hydrogen (secondary N) is 1. The number of aliphatic carboxylic acids is 1. The molecule has 0 aliphatic carbocycles. The molecule has 0 radical (unpaired) electrons. The standard InChI is InChI=1S/C8H8BrNO2S/c9-6-3-4-5(13-6)1-2-10-7(4)8(11)12/h3,7,10H,1-2H2,(H,11,12). The maximum absolute atomic E-state index is 10.9. The van der Waals surface area contributed by atoms with Crippen molar-refractivity contribution >= 4 is 33.2 Å². The molecule has 1 aliphatic heterocycles. The minimum Gasteiger partial charge on any atom is -0.480 e. The van der Waals surface area contributed by atoms with Gasteiger partial charge in [0.25, 0.3) is 0 Å². The van der Waals surface area contributed by atoms with Crippen LogP contribution in [0.5, 0.6) is 0 Å². The van der Waals surface area contributed by atoms with Gasteiger partial charge in [0.1, 0.15) is 6.04 Å². The van der Waals surface area contributed by atoms with Crippen molar-refractivity contribution in [1.82, 2.24) is 5.32 Å². The number of fused-ring (bicyclic) bond motifs is 1. The molecule has 1 aliphatic rings. The number of thiophene rings is 1. The van der Waals surface area contributed by atoms with E-state index in [1.165, 1.54) is 4.88 Å². The molecular formula is C8H8BrNO2S. The van der Waals surface area contributed by atoms with Crippen molar-refractivity contribution in [2.45, 2.75) is 12.5 Å². The van der Waals surface area contributed by atoms with Crippen LogP contribution in [0.25, 0.3) is 0 Å². The van der Waals surface area contributed by atoms with E-state index in [4.69, 9.17) is 5.11 Å². The first kappa shape index (κ1) is 9.18. The van der Waals surface area contributed by atoms with Crippen molar-refractivity contribution in [2.75, 3.05) is 6.54 Å². The van der Waals surface area contributed by atoms with Crippen molar-refractivity contribution in [3.63, 3.8) is 0 Å². The van der Waals surface area contributed by atoms with Gasteiger partial charge in [0.15, 0.2) is 0 Å². The van der Waals surface area contributed by atoms with Crippen LogP contribution >= 0.6 is 27.3 Å². The molecule has 1 atom stereocenters. The summed E-state index contributed by atoms with van der Waals surface area (Å²) in [5.74, 6) is -0.800. The topological polar surface area (TPSA) is 49.3 Å². The van der Waals surface area contributed by atoms with Gasteiger partial charge in [-0.05, 0) is 34.0 Å². The Bertz CT molecular complexity index is 350. The zero-order chi connectivity index (χ0) is 9.42. The zero-order valence-corrected chi connectivity index (χ0v) is 9.11. The highest BCUT2D eigenvalue weighted by molar-refractivity contribution is 9.11. The van der Waals surface area contributed by atoms with Gasteiger partial charge in [0, 0.05) is 11.4 Å². The maximum atomic E-state index is 10.9. The molecule has 2 rings (SSSR count). The Morgan fingerprint density at radius 2 is 2.54 bits per heavy atom. The normalized spacial score (nSPS) is 21.2. The zero-order valence-electron chi connectivity index (χ0n) is 6.71. The minimum absolute atomic E-state index is 0.522. The van der Waals surface area contributed by atoms with Gasteiger partial charge < -0.3 is 10.4 Å². The van der Waals surface area contributed by atoms with Crippen molar-refractivity contribution in [3.05, 3.63) is 20.3 Å². The maximum Gasteiger partial charge on any atom is 0.325 e. The summed E-state index contributed by atoms with van der Waals surface area (Å²) in [4.78, 5) is 12.0. The van der Waals surface area contributed by atoms with E-state index < -0.39 is 12.0 Å². The third-order valence-corrected chi connectivity index (χ3v) is 3.78. The Morgan fingerprint density at radius 1 is 1.77 bits per heavy atom. The molecule has 5 heteroatoms. The van der Waals surface area contributed by atoms with E-state index in [0.29, 0.717) is 0 Å². The lowest BCUT2D eigenvalue weighted by Crippen LogP contribution is -2.33. The van der Waals surface area contributed by atoms with E-state index in [9.17, 15) is 4.79 Å². The predicted octanol–water partition coefficient (Wildman–Crippen LogP) is 1.78. The number of hydrogen-bond acceptors (Lipinski definition) is 3. The van der Waals surface area contributed by atoms with Crippen LogP contribution in [-0.4, -0.2) is 17.6 Å².